The highest BCUT2D eigenvalue weighted by Crippen LogP contribution is 2.38. The molecule has 2 N–H and O–H groups in total. The van der Waals surface area contributed by atoms with Crippen LogP contribution in [0.4, 0.5) is 0 Å². The van der Waals surface area contributed by atoms with Crippen molar-refractivity contribution in [3.63, 3.8) is 0 Å². The van der Waals surface area contributed by atoms with Gasteiger partial charge in [0.15, 0.2) is 0 Å². The molecule has 19 heavy (non-hydrogen) atoms. The van der Waals surface area contributed by atoms with Crippen molar-refractivity contribution in [2.75, 3.05) is 7.05 Å². The van der Waals surface area contributed by atoms with Crippen LogP contribution in [0, 0.1) is 11.8 Å². The highest BCUT2D eigenvalue weighted by atomic mass is 15.2. The standard InChI is InChI=1S/C17H28N2/c1-6-9-14(10-11-15(18)7-2)16(8-3)13(4)17-12-19(17)5/h7,10-13,16H,2,6,8-9,18H2,1,3-5H3/b14-10+,15-11+. The van der Waals surface area contributed by atoms with E-state index < -0.39 is 0 Å². The van der Waals surface area contributed by atoms with Crippen LogP contribution in [0.2, 0.25) is 0 Å². The van der Waals surface area contributed by atoms with Gasteiger partial charge in [-0.05, 0) is 30.9 Å². The maximum atomic E-state index is 5.81. The van der Waals surface area contributed by atoms with Crippen LogP contribution in [0.25, 0.3) is 0 Å². The maximum absolute atomic E-state index is 5.81. The van der Waals surface area contributed by atoms with Gasteiger partial charge in [0.05, 0.1) is 0 Å². The van der Waals surface area contributed by atoms with Crippen molar-refractivity contribution in [3.05, 3.63) is 48.0 Å². The SMILES string of the molecule is C=C/C(N)=C\C=C(/CCC)C(CC)C(C)C1=CN1C. The topological polar surface area (TPSA) is 29.0 Å². The molecule has 0 saturated heterocycles. The minimum absolute atomic E-state index is 0.589. The Balaban J connectivity index is 2.88. The third-order valence-corrected chi connectivity index (χ3v) is 3.92. The van der Waals surface area contributed by atoms with Gasteiger partial charge in [-0.25, -0.2) is 0 Å². The van der Waals surface area contributed by atoms with Crippen molar-refractivity contribution in [2.45, 2.75) is 40.0 Å². The first-order valence-corrected chi connectivity index (χ1v) is 7.28. The number of hydrogen-bond acceptors (Lipinski definition) is 2. The molecule has 0 amide bonds. The van der Waals surface area contributed by atoms with Gasteiger partial charge in [0.1, 0.15) is 0 Å². The van der Waals surface area contributed by atoms with Gasteiger partial charge in [0.2, 0.25) is 0 Å². The summed E-state index contributed by atoms with van der Waals surface area (Å²) in [5.74, 6) is 1.19. The van der Waals surface area contributed by atoms with Crippen LogP contribution in [0.15, 0.2) is 48.0 Å². The fourth-order valence-electron chi connectivity index (χ4n) is 2.70. The summed E-state index contributed by atoms with van der Waals surface area (Å²) >= 11 is 0. The van der Waals surface area contributed by atoms with Crippen molar-refractivity contribution in [2.24, 2.45) is 17.6 Å². The number of allylic oxidation sites excluding steroid dienone is 5. The molecule has 0 saturated carbocycles. The zero-order valence-corrected chi connectivity index (χ0v) is 12.8. The van der Waals surface area contributed by atoms with Crippen molar-refractivity contribution in [1.29, 1.82) is 0 Å². The molecule has 1 aliphatic rings. The summed E-state index contributed by atoms with van der Waals surface area (Å²) in [4.78, 5) is 2.23. The average Bonchev–Trinajstić information content (AvgIpc) is 3.13. The molecule has 0 aromatic rings. The lowest BCUT2D eigenvalue weighted by molar-refractivity contribution is 0.416. The molecule has 1 heterocycles. The Labute approximate surface area is 118 Å². The highest BCUT2D eigenvalue weighted by Gasteiger charge is 2.29. The predicted octanol–water partition coefficient (Wildman–Crippen LogP) is 4.19. The first-order valence-electron chi connectivity index (χ1n) is 7.28. The number of hydrogen-bond donors (Lipinski definition) is 1. The zero-order chi connectivity index (χ0) is 14.4. The second-order valence-electron chi connectivity index (χ2n) is 5.33. The van der Waals surface area contributed by atoms with E-state index in [0.29, 0.717) is 11.8 Å². The zero-order valence-electron chi connectivity index (χ0n) is 12.8. The Hall–Kier alpha value is -1.44. The Morgan fingerprint density at radius 3 is 2.47 bits per heavy atom. The minimum Gasteiger partial charge on any atom is -0.399 e. The van der Waals surface area contributed by atoms with Gasteiger partial charge >= 0.3 is 0 Å². The molecule has 0 aliphatic carbocycles. The second-order valence-corrected chi connectivity index (χ2v) is 5.33. The van der Waals surface area contributed by atoms with E-state index in [0.717, 1.165) is 12.1 Å². The van der Waals surface area contributed by atoms with Crippen LogP contribution in [0.1, 0.15) is 40.0 Å². The molecule has 1 rings (SSSR count). The van der Waals surface area contributed by atoms with E-state index in [1.165, 1.54) is 24.1 Å². The molecule has 0 aromatic heterocycles. The fourth-order valence-corrected chi connectivity index (χ4v) is 2.70. The van der Waals surface area contributed by atoms with Crippen LogP contribution in [-0.4, -0.2) is 11.9 Å². The molecular formula is C17H28N2. The minimum atomic E-state index is 0.589. The quantitative estimate of drug-likeness (QED) is 0.663. The van der Waals surface area contributed by atoms with Crippen molar-refractivity contribution >= 4 is 0 Å². The Kier molecular flexibility index (Phi) is 5.94. The smallest absolute Gasteiger partial charge is 0.0370 e. The Morgan fingerprint density at radius 1 is 1.42 bits per heavy atom. The average molecular weight is 260 g/mol. The predicted molar refractivity (Wildman–Crippen MR) is 84.2 cm³/mol. The van der Waals surface area contributed by atoms with Gasteiger partial charge in [0.25, 0.3) is 0 Å². The maximum Gasteiger partial charge on any atom is 0.0370 e. The van der Waals surface area contributed by atoms with Gasteiger partial charge in [-0.15, -0.1) is 0 Å². The third-order valence-electron chi connectivity index (χ3n) is 3.92. The number of rotatable bonds is 8. The molecule has 106 valence electrons. The number of nitrogens with zero attached hydrogens (tertiary/aromatic N) is 1. The molecule has 2 atom stereocenters. The normalized spacial score (nSPS) is 18.9. The second kappa shape index (κ2) is 7.22. The largest absolute Gasteiger partial charge is 0.399 e. The number of nitrogens with two attached hydrogens (primary N) is 1. The Bertz CT molecular complexity index is 401. The van der Waals surface area contributed by atoms with Crippen molar-refractivity contribution < 1.29 is 0 Å². The summed E-state index contributed by atoms with van der Waals surface area (Å²) < 4.78 is 0. The lowest BCUT2D eigenvalue weighted by Crippen LogP contribution is -2.15. The first-order chi connectivity index (χ1) is 9.04. The van der Waals surface area contributed by atoms with Gasteiger partial charge < -0.3 is 10.6 Å². The molecule has 0 fully saturated rings. The molecule has 2 nitrogen and oxygen atoms in total. The van der Waals surface area contributed by atoms with E-state index in [4.69, 9.17) is 5.73 Å². The summed E-state index contributed by atoms with van der Waals surface area (Å²) in [5, 5.41) is 0. The summed E-state index contributed by atoms with van der Waals surface area (Å²) in [6.45, 7) is 10.5. The lowest BCUT2D eigenvalue weighted by atomic mass is 9.82. The molecule has 2 heteroatoms. The summed E-state index contributed by atoms with van der Waals surface area (Å²) in [7, 11) is 2.12. The molecule has 0 aromatic carbocycles. The van der Waals surface area contributed by atoms with Crippen molar-refractivity contribution in [1.82, 2.24) is 4.90 Å². The van der Waals surface area contributed by atoms with E-state index in [1.807, 2.05) is 6.08 Å². The van der Waals surface area contributed by atoms with Gasteiger partial charge in [-0.1, -0.05) is 45.4 Å². The van der Waals surface area contributed by atoms with E-state index >= 15 is 0 Å². The van der Waals surface area contributed by atoms with E-state index in [2.05, 4.69) is 51.6 Å². The van der Waals surface area contributed by atoms with E-state index in [1.54, 1.807) is 6.08 Å². The molecule has 1 aliphatic heterocycles. The molecule has 0 spiro atoms. The third kappa shape index (κ3) is 4.30. The lowest BCUT2D eigenvalue weighted by Gasteiger charge is -2.24. The first kappa shape index (κ1) is 15.6. The van der Waals surface area contributed by atoms with Crippen LogP contribution in [-0.2, 0) is 0 Å². The van der Waals surface area contributed by atoms with Crippen LogP contribution in [0.3, 0.4) is 0 Å². The van der Waals surface area contributed by atoms with Crippen LogP contribution < -0.4 is 5.73 Å². The van der Waals surface area contributed by atoms with Gasteiger partial charge in [0, 0.05) is 30.6 Å². The van der Waals surface area contributed by atoms with Crippen LogP contribution in [0.5, 0.6) is 0 Å². The molecule has 0 bridgehead atoms. The Morgan fingerprint density at radius 2 is 2.05 bits per heavy atom. The summed E-state index contributed by atoms with van der Waals surface area (Å²) in [6.07, 6.45) is 11.6. The molecule has 0 radical (unpaired) electrons. The van der Waals surface area contributed by atoms with Gasteiger partial charge in [-0.3, -0.25) is 0 Å². The summed E-state index contributed by atoms with van der Waals surface area (Å²) in [5.41, 5.74) is 9.51. The van der Waals surface area contributed by atoms with E-state index in [-0.39, 0.29) is 0 Å². The molecular weight excluding hydrogens is 232 g/mol. The van der Waals surface area contributed by atoms with Crippen molar-refractivity contribution in [3.8, 4) is 0 Å². The van der Waals surface area contributed by atoms with E-state index in [9.17, 15) is 0 Å². The van der Waals surface area contributed by atoms with Gasteiger partial charge in [-0.2, -0.15) is 0 Å². The fraction of sp³-hybridized carbons (Fsp3) is 0.529. The van der Waals surface area contributed by atoms with Crippen LogP contribution >= 0.6 is 0 Å². The monoisotopic (exact) mass is 260 g/mol. The highest BCUT2D eigenvalue weighted by molar-refractivity contribution is 5.28. The molecule has 2 unspecified atom stereocenters. The summed E-state index contributed by atoms with van der Waals surface area (Å²) in [6, 6.07) is 0.